The van der Waals surface area contributed by atoms with Gasteiger partial charge in [0.25, 0.3) is 0 Å². The molecule has 14 aromatic rings. The number of aromatic nitrogens is 4. The van der Waals surface area contributed by atoms with Gasteiger partial charge in [0, 0.05) is 65.6 Å². The van der Waals surface area contributed by atoms with Crippen LogP contribution in [0.25, 0.3) is 126 Å². The van der Waals surface area contributed by atoms with E-state index in [4.69, 9.17) is 14.4 Å². The molecule has 6 nitrogen and oxygen atoms in total. The lowest BCUT2D eigenvalue weighted by molar-refractivity contribution is 0.533. The molecule has 0 fully saturated rings. The maximum absolute atomic E-state index is 6.33. The number of rotatable bonds is 4. The van der Waals surface area contributed by atoms with E-state index in [1.165, 1.54) is 54.8 Å². The van der Waals surface area contributed by atoms with Gasteiger partial charge >= 0.3 is 0 Å². The standard InChI is InChI=1S/C65H39N5OS/c1-65-35-34-51-59-57-42(39-18-5-6-19-40(39)43-24-14-29-52(58(43)60(59)65)70(65)37-16-3-2-4-17-37)23-13-28-50(57)69(51)63-61(66-62-45-22-9-12-31-55(45)72-64(62)67-63)46-25-15-27-49-56(46)44-21-7-10-26-48(44)68(49)38-32-33-54-47(36-38)41-20-8-11-30-53(41)71-54/h2-36,60H,1H3. The molecule has 0 radical (unpaired) electrons. The first-order valence-corrected chi connectivity index (χ1v) is 25.5. The molecular weight excluding hydrogens is 899 g/mol. The van der Waals surface area contributed by atoms with Crippen molar-refractivity contribution in [3.63, 3.8) is 0 Å². The van der Waals surface area contributed by atoms with E-state index >= 15 is 0 Å². The largest absolute Gasteiger partial charge is 0.456 e. The van der Waals surface area contributed by atoms with Crippen molar-refractivity contribution in [3.8, 4) is 45.0 Å². The summed E-state index contributed by atoms with van der Waals surface area (Å²) in [4.78, 5) is 15.3. The smallest absolute Gasteiger partial charge is 0.166 e. The summed E-state index contributed by atoms with van der Waals surface area (Å²) in [6.07, 6.45) is 4.87. The average molecular weight is 938 g/mol. The molecule has 0 amide bonds. The summed E-state index contributed by atoms with van der Waals surface area (Å²) in [5, 5.41) is 6.86. The Morgan fingerprint density at radius 2 is 1.17 bits per heavy atom. The number of nitrogens with zero attached hydrogens (tertiary/aromatic N) is 5. The van der Waals surface area contributed by atoms with Gasteiger partial charge in [0.15, 0.2) is 5.82 Å². The summed E-state index contributed by atoms with van der Waals surface area (Å²) < 4.78 is 12.4. The van der Waals surface area contributed by atoms with E-state index in [1.807, 2.05) is 12.1 Å². The van der Waals surface area contributed by atoms with Crippen LogP contribution in [0.15, 0.2) is 211 Å². The van der Waals surface area contributed by atoms with Crippen LogP contribution in [0.1, 0.15) is 29.7 Å². The topological polar surface area (TPSA) is 52.0 Å². The lowest BCUT2D eigenvalue weighted by atomic mass is 9.70. The molecule has 72 heavy (non-hydrogen) atoms. The number of furan rings is 1. The number of benzene rings is 9. The van der Waals surface area contributed by atoms with Crippen LogP contribution in [-0.4, -0.2) is 24.6 Å². The van der Waals surface area contributed by atoms with Crippen LogP contribution < -0.4 is 4.90 Å². The van der Waals surface area contributed by atoms with Crippen molar-refractivity contribution in [3.05, 3.63) is 223 Å². The highest BCUT2D eigenvalue weighted by atomic mass is 32.1. The monoisotopic (exact) mass is 937 g/mol. The van der Waals surface area contributed by atoms with E-state index in [9.17, 15) is 0 Å². The zero-order valence-corrected chi connectivity index (χ0v) is 39.7. The van der Waals surface area contributed by atoms with Crippen molar-refractivity contribution in [2.45, 2.75) is 18.4 Å². The van der Waals surface area contributed by atoms with Crippen LogP contribution in [0.5, 0.6) is 0 Å². The second-order valence-corrected chi connectivity index (χ2v) is 20.8. The van der Waals surface area contributed by atoms with Crippen molar-refractivity contribution in [1.82, 2.24) is 19.1 Å². The van der Waals surface area contributed by atoms with Crippen molar-refractivity contribution in [2.24, 2.45) is 0 Å². The number of fused-ring (bicyclic) bond motifs is 12. The summed E-state index contributed by atoms with van der Waals surface area (Å²) in [5.41, 5.74) is 19.8. The first kappa shape index (κ1) is 38.8. The van der Waals surface area contributed by atoms with Crippen LogP contribution in [0.3, 0.4) is 0 Å². The first-order chi connectivity index (χ1) is 35.6. The van der Waals surface area contributed by atoms with Crippen molar-refractivity contribution in [2.75, 3.05) is 4.90 Å². The summed E-state index contributed by atoms with van der Waals surface area (Å²) in [5.74, 6) is 0.818. The maximum Gasteiger partial charge on any atom is 0.166 e. The number of para-hydroxylation sites is 3. The molecule has 6 heterocycles. The minimum absolute atomic E-state index is 0.00211. The van der Waals surface area contributed by atoms with Crippen LogP contribution in [0, 0.1) is 0 Å². The molecule has 0 spiro atoms. The summed E-state index contributed by atoms with van der Waals surface area (Å²) in [6.45, 7) is 2.44. The third kappa shape index (κ3) is 4.88. The second kappa shape index (κ2) is 13.8. The normalized spacial score (nSPS) is 16.5. The van der Waals surface area contributed by atoms with Crippen LogP contribution in [0.4, 0.5) is 11.4 Å². The van der Waals surface area contributed by atoms with Gasteiger partial charge in [-0.3, -0.25) is 4.57 Å². The predicted molar refractivity (Wildman–Crippen MR) is 298 cm³/mol. The van der Waals surface area contributed by atoms with Crippen molar-refractivity contribution in [1.29, 1.82) is 0 Å². The molecule has 5 aromatic heterocycles. The zero-order valence-electron chi connectivity index (χ0n) is 38.8. The van der Waals surface area contributed by atoms with Crippen LogP contribution in [0.2, 0.25) is 0 Å². The molecule has 0 N–H and O–H groups in total. The van der Waals surface area contributed by atoms with E-state index < -0.39 is 5.54 Å². The quantitative estimate of drug-likeness (QED) is 0.176. The fourth-order valence-corrected chi connectivity index (χ4v) is 14.3. The molecular formula is C65H39N5OS. The average Bonchev–Trinajstić information content (AvgIpc) is 4.22. The Morgan fingerprint density at radius 1 is 0.500 bits per heavy atom. The fraction of sp³-hybridized carbons (Fsp3) is 0.0462. The third-order valence-corrected chi connectivity index (χ3v) is 17.2. The number of hydrogen-bond acceptors (Lipinski definition) is 5. The highest BCUT2D eigenvalue weighted by Crippen LogP contribution is 2.63. The lowest BCUT2D eigenvalue weighted by Gasteiger charge is -2.41. The van der Waals surface area contributed by atoms with Gasteiger partial charge in [0.2, 0.25) is 0 Å². The van der Waals surface area contributed by atoms with Crippen LogP contribution in [-0.2, 0) is 0 Å². The maximum atomic E-state index is 6.33. The molecule has 3 aliphatic rings. The van der Waals surface area contributed by atoms with Gasteiger partial charge < -0.3 is 13.9 Å². The molecule has 336 valence electrons. The van der Waals surface area contributed by atoms with E-state index in [2.05, 4.69) is 221 Å². The second-order valence-electron chi connectivity index (χ2n) is 19.8. The molecule has 2 atom stereocenters. The summed E-state index contributed by atoms with van der Waals surface area (Å²) in [7, 11) is 0. The first-order valence-electron chi connectivity index (χ1n) is 24.7. The molecule has 1 aliphatic heterocycles. The zero-order chi connectivity index (χ0) is 47.0. The Balaban J connectivity index is 0.999. The van der Waals surface area contributed by atoms with E-state index in [-0.39, 0.29) is 5.92 Å². The Morgan fingerprint density at radius 3 is 2.04 bits per heavy atom. The molecule has 2 aliphatic carbocycles. The highest BCUT2D eigenvalue weighted by Gasteiger charge is 2.53. The Labute approximate surface area is 416 Å². The van der Waals surface area contributed by atoms with E-state index in [0.717, 1.165) is 93.5 Å². The van der Waals surface area contributed by atoms with Gasteiger partial charge in [-0.1, -0.05) is 140 Å². The summed E-state index contributed by atoms with van der Waals surface area (Å²) in [6, 6.07) is 72.8. The Bertz CT molecular complexity index is 4740. The van der Waals surface area contributed by atoms with E-state index in [0.29, 0.717) is 0 Å². The number of thiophene rings is 1. The molecule has 2 unspecified atom stereocenters. The van der Waals surface area contributed by atoms with Crippen LogP contribution >= 0.6 is 11.3 Å². The predicted octanol–water partition coefficient (Wildman–Crippen LogP) is 17.2. The van der Waals surface area contributed by atoms with Crippen molar-refractivity contribution < 1.29 is 4.42 Å². The summed E-state index contributed by atoms with van der Waals surface area (Å²) >= 11 is 1.72. The van der Waals surface area contributed by atoms with Gasteiger partial charge in [-0.05, 0) is 113 Å². The Hall–Kier alpha value is -9.04. The SMILES string of the molecule is CC12C=Cc3c4c5c(cccc5n3-c3nc5sc6ccccc6c5nc3-c3cccc5c3c3ccccc3n5-c3ccc5oc6ccccc6c5c3)-c3ccccc3-c3cccc(c3C41)N2c1ccccc1. The van der Waals surface area contributed by atoms with E-state index in [1.54, 1.807) is 11.3 Å². The minimum atomic E-state index is -0.422. The molecule has 17 rings (SSSR count). The number of hydrogen-bond donors (Lipinski definition) is 0. The third-order valence-electron chi connectivity index (χ3n) is 16.1. The van der Waals surface area contributed by atoms with Gasteiger partial charge in [-0.2, -0.15) is 0 Å². The molecule has 0 bridgehead atoms. The molecule has 0 saturated carbocycles. The van der Waals surface area contributed by atoms with Gasteiger partial charge in [-0.25, -0.2) is 9.97 Å². The Kier molecular flexibility index (Phi) is 7.45. The highest BCUT2D eigenvalue weighted by molar-refractivity contribution is 7.25. The number of anilines is 2. The lowest BCUT2D eigenvalue weighted by Crippen LogP contribution is -2.43. The van der Waals surface area contributed by atoms with Gasteiger partial charge in [-0.15, -0.1) is 11.3 Å². The molecule has 9 aromatic carbocycles. The van der Waals surface area contributed by atoms with Crippen molar-refractivity contribution >= 4 is 104 Å². The fourth-order valence-electron chi connectivity index (χ4n) is 13.3. The molecule has 7 heteroatoms. The molecule has 0 saturated heterocycles. The van der Waals surface area contributed by atoms with Gasteiger partial charge in [0.05, 0.1) is 27.8 Å². The minimum Gasteiger partial charge on any atom is -0.456 e. The van der Waals surface area contributed by atoms with Gasteiger partial charge in [0.1, 0.15) is 27.2 Å².